The van der Waals surface area contributed by atoms with Crippen LogP contribution in [-0.4, -0.2) is 45.2 Å². The van der Waals surface area contributed by atoms with Gasteiger partial charge in [0.05, 0.1) is 12.7 Å². The summed E-state index contributed by atoms with van der Waals surface area (Å²) in [6.07, 6.45) is 5.34. The minimum absolute atomic E-state index is 0. The van der Waals surface area contributed by atoms with Crippen molar-refractivity contribution in [2.45, 2.75) is 13.5 Å². The van der Waals surface area contributed by atoms with Gasteiger partial charge in [-0.3, -0.25) is 9.38 Å². The molecule has 0 saturated heterocycles. The van der Waals surface area contributed by atoms with Crippen LogP contribution in [0.4, 0.5) is 0 Å². The number of nitrogens with one attached hydrogen (secondary N) is 2. The summed E-state index contributed by atoms with van der Waals surface area (Å²) in [6.45, 7) is 4.38. The van der Waals surface area contributed by atoms with Gasteiger partial charge in [0.25, 0.3) is 0 Å². The third kappa shape index (κ3) is 5.55. The molecule has 0 aliphatic heterocycles. The molecule has 0 saturated carbocycles. The van der Waals surface area contributed by atoms with Crippen LogP contribution < -0.4 is 15.4 Å². The van der Waals surface area contributed by atoms with E-state index < -0.39 is 0 Å². The predicted octanol–water partition coefficient (Wildman–Crippen LogP) is 1.88. The highest BCUT2D eigenvalue weighted by Crippen LogP contribution is 2.05. The maximum atomic E-state index is 5.61. The van der Waals surface area contributed by atoms with E-state index in [-0.39, 0.29) is 24.0 Å². The van der Waals surface area contributed by atoms with Crippen LogP contribution in [0.25, 0.3) is 5.65 Å². The first kappa shape index (κ1) is 19.9. The van der Waals surface area contributed by atoms with E-state index in [1.165, 1.54) is 0 Å². The Kier molecular flexibility index (Phi) is 8.06. The molecule has 9 heteroatoms. The molecule has 3 aromatic heterocycles. The van der Waals surface area contributed by atoms with Gasteiger partial charge in [-0.2, -0.15) is 0 Å². The number of aromatic nitrogens is 4. The van der Waals surface area contributed by atoms with E-state index in [9.17, 15) is 0 Å². The van der Waals surface area contributed by atoms with Crippen molar-refractivity contribution in [1.29, 1.82) is 0 Å². The van der Waals surface area contributed by atoms with Gasteiger partial charge < -0.3 is 15.4 Å². The molecule has 3 heterocycles. The number of pyridine rings is 2. The number of guanidine groups is 1. The van der Waals surface area contributed by atoms with E-state index in [2.05, 4.69) is 30.8 Å². The summed E-state index contributed by atoms with van der Waals surface area (Å²) in [5, 5.41) is 14.8. The standard InChI is InChI=1S/C17H21N7O.HI/c1-2-19-17(20-9-11-25-14-6-5-8-18-12-14)21-13-16-23-22-15-7-3-4-10-24(15)16;/h3-8,10,12H,2,9,11,13H2,1H3,(H2,19,20,21);1H. The van der Waals surface area contributed by atoms with Crippen LogP contribution in [0.15, 0.2) is 53.9 Å². The molecule has 2 N–H and O–H groups in total. The van der Waals surface area contributed by atoms with Gasteiger partial charge in [-0.15, -0.1) is 34.2 Å². The first-order valence-electron chi connectivity index (χ1n) is 8.20. The minimum Gasteiger partial charge on any atom is -0.490 e. The monoisotopic (exact) mass is 467 g/mol. The number of rotatable bonds is 7. The third-order valence-electron chi connectivity index (χ3n) is 3.40. The maximum Gasteiger partial charge on any atom is 0.191 e. The zero-order valence-corrected chi connectivity index (χ0v) is 16.8. The molecular weight excluding hydrogens is 445 g/mol. The number of hydrogen-bond donors (Lipinski definition) is 2. The molecule has 0 unspecified atom stereocenters. The molecule has 0 fully saturated rings. The van der Waals surface area contributed by atoms with E-state index in [4.69, 9.17) is 4.74 Å². The van der Waals surface area contributed by atoms with Gasteiger partial charge in [-0.05, 0) is 31.2 Å². The van der Waals surface area contributed by atoms with Crippen LogP contribution >= 0.6 is 24.0 Å². The van der Waals surface area contributed by atoms with Crippen molar-refractivity contribution in [3.05, 3.63) is 54.7 Å². The molecular formula is C17H22IN7O. The van der Waals surface area contributed by atoms with Crippen molar-refractivity contribution in [3.63, 3.8) is 0 Å². The summed E-state index contributed by atoms with van der Waals surface area (Å²) in [5.41, 5.74) is 0.815. The fourth-order valence-electron chi connectivity index (χ4n) is 2.26. The second-order valence-electron chi connectivity index (χ2n) is 5.20. The number of halogens is 1. The first-order valence-corrected chi connectivity index (χ1v) is 8.20. The van der Waals surface area contributed by atoms with Crippen LogP contribution in [0.2, 0.25) is 0 Å². The largest absolute Gasteiger partial charge is 0.490 e. The van der Waals surface area contributed by atoms with Crippen LogP contribution in [0.3, 0.4) is 0 Å². The Morgan fingerprint density at radius 2 is 2.12 bits per heavy atom. The van der Waals surface area contributed by atoms with E-state index in [1.807, 2.05) is 47.9 Å². The summed E-state index contributed by atoms with van der Waals surface area (Å²) >= 11 is 0. The fraction of sp³-hybridized carbons (Fsp3) is 0.294. The third-order valence-corrected chi connectivity index (χ3v) is 3.40. The number of hydrogen-bond acceptors (Lipinski definition) is 5. The van der Waals surface area contributed by atoms with Crippen LogP contribution in [-0.2, 0) is 6.54 Å². The lowest BCUT2D eigenvalue weighted by Gasteiger charge is -2.11. The highest BCUT2D eigenvalue weighted by atomic mass is 127. The van der Waals surface area contributed by atoms with E-state index in [0.29, 0.717) is 25.7 Å². The van der Waals surface area contributed by atoms with Crippen molar-refractivity contribution in [2.24, 2.45) is 4.99 Å². The molecule has 3 aromatic rings. The second kappa shape index (κ2) is 10.5. The van der Waals surface area contributed by atoms with Crippen molar-refractivity contribution in [3.8, 4) is 5.75 Å². The molecule has 0 atom stereocenters. The molecule has 0 aliphatic rings. The van der Waals surface area contributed by atoms with Gasteiger partial charge in [0.2, 0.25) is 0 Å². The zero-order chi connectivity index (χ0) is 17.3. The van der Waals surface area contributed by atoms with E-state index >= 15 is 0 Å². The minimum atomic E-state index is 0. The average molecular weight is 467 g/mol. The van der Waals surface area contributed by atoms with Gasteiger partial charge in [0, 0.05) is 18.9 Å². The number of ether oxygens (including phenoxy) is 1. The lowest BCUT2D eigenvalue weighted by atomic mass is 10.4. The van der Waals surface area contributed by atoms with Gasteiger partial charge in [-0.25, -0.2) is 4.99 Å². The fourth-order valence-corrected chi connectivity index (χ4v) is 2.26. The Balaban J connectivity index is 0.00000243. The number of aliphatic imine (C=N–C) groups is 1. The molecule has 0 spiro atoms. The Hall–Kier alpha value is -2.43. The Morgan fingerprint density at radius 3 is 2.92 bits per heavy atom. The quantitative estimate of drug-likeness (QED) is 0.239. The Bertz CT molecular complexity index is 822. The summed E-state index contributed by atoms with van der Waals surface area (Å²) in [7, 11) is 0. The van der Waals surface area contributed by atoms with Gasteiger partial charge in [0.15, 0.2) is 17.4 Å². The lowest BCUT2D eigenvalue weighted by Crippen LogP contribution is -2.39. The molecule has 0 amide bonds. The predicted molar refractivity (Wildman–Crippen MR) is 111 cm³/mol. The topological polar surface area (TPSA) is 88.7 Å². The SMILES string of the molecule is CCNC(=NCc1nnc2ccccn12)NCCOc1cccnc1.I. The molecule has 8 nitrogen and oxygen atoms in total. The summed E-state index contributed by atoms with van der Waals surface area (Å²) < 4.78 is 7.54. The Morgan fingerprint density at radius 1 is 1.19 bits per heavy atom. The van der Waals surface area contributed by atoms with Crippen LogP contribution in [0.5, 0.6) is 5.75 Å². The lowest BCUT2D eigenvalue weighted by molar-refractivity contribution is 0.320. The average Bonchev–Trinajstić information content (AvgIpc) is 3.07. The Labute approximate surface area is 169 Å². The molecule has 138 valence electrons. The van der Waals surface area contributed by atoms with Gasteiger partial charge in [-0.1, -0.05) is 6.07 Å². The van der Waals surface area contributed by atoms with Crippen LogP contribution in [0.1, 0.15) is 12.7 Å². The van der Waals surface area contributed by atoms with Crippen molar-refractivity contribution < 1.29 is 4.74 Å². The normalized spacial score (nSPS) is 11.0. The smallest absolute Gasteiger partial charge is 0.191 e. The molecule has 0 aliphatic carbocycles. The summed E-state index contributed by atoms with van der Waals surface area (Å²) in [5.74, 6) is 2.26. The van der Waals surface area contributed by atoms with Gasteiger partial charge in [0.1, 0.15) is 18.9 Å². The molecule has 0 bridgehead atoms. The molecule has 3 rings (SSSR count). The van der Waals surface area contributed by atoms with Crippen LogP contribution in [0, 0.1) is 0 Å². The molecule has 0 radical (unpaired) electrons. The number of nitrogens with zero attached hydrogens (tertiary/aromatic N) is 5. The van der Waals surface area contributed by atoms with Crippen molar-refractivity contribution in [1.82, 2.24) is 30.2 Å². The highest BCUT2D eigenvalue weighted by Gasteiger charge is 2.04. The second-order valence-corrected chi connectivity index (χ2v) is 5.20. The summed E-state index contributed by atoms with van der Waals surface area (Å²) in [4.78, 5) is 8.57. The highest BCUT2D eigenvalue weighted by molar-refractivity contribution is 14.0. The van der Waals surface area contributed by atoms with E-state index in [0.717, 1.165) is 23.8 Å². The molecule has 0 aromatic carbocycles. The molecule has 26 heavy (non-hydrogen) atoms. The zero-order valence-electron chi connectivity index (χ0n) is 14.5. The van der Waals surface area contributed by atoms with Gasteiger partial charge >= 0.3 is 0 Å². The van der Waals surface area contributed by atoms with Crippen molar-refractivity contribution >= 4 is 35.6 Å². The van der Waals surface area contributed by atoms with Crippen molar-refractivity contribution in [2.75, 3.05) is 19.7 Å². The maximum absolute atomic E-state index is 5.61. The summed E-state index contributed by atoms with van der Waals surface area (Å²) in [6, 6.07) is 9.52. The first-order chi connectivity index (χ1) is 12.4. The van der Waals surface area contributed by atoms with E-state index in [1.54, 1.807) is 12.4 Å². The number of fused-ring (bicyclic) bond motifs is 1.